The molecule has 28 heavy (non-hydrogen) atoms. The zero-order valence-electron chi connectivity index (χ0n) is 15.9. The second-order valence-corrected chi connectivity index (χ2v) is 6.25. The Morgan fingerprint density at radius 1 is 1.18 bits per heavy atom. The second kappa shape index (κ2) is 8.31. The van der Waals surface area contributed by atoms with Crippen LogP contribution in [0.25, 0.3) is 11.0 Å². The molecule has 0 spiro atoms. The van der Waals surface area contributed by atoms with E-state index in [1.54, 1.807) is 18.2 Å². The minimum Gasteiger partial charge on any atom is -0.493 e. The molecular weight excluding hydrogens is 356 g/mol. The van der Waals surface area contributed by atoms with Gasteiger partial charge in [0.05, 0.1) is 13.7 Å². The normalized spacial score (nSPS) is 10.1. The highest BCUT2D eigenvalue weighted by Gasteiger charge is 2.14. The predicted octanol–water partition coefficient (Wildman–Crippen LogP) is 2.65. The number of nitrogens with one attached hydrogen (secondary N) is 1. The van der Waals surface area contributed by atoms with E-state index in [1.165, 1.54) is 13.2 Å². The molecule has 0 radical (unpaired) electrons. The first-order valence-electron chi connectivity index (χ1n) is 8.65. The first kappa shape index (κ1) is 19.1. The van der Waals surface area contributed by atoms with Gasteiger partial charge in [-0.15, -0.1) is 0 Å². The molecule has 0 saturated heterocycles. The fraction of sp³-hybridized carbons (Fsp3) is 0.182. The maximum atomic E-state index is 12.3. The van der Waals surface area contributed by atoms with Crippen LogP contribution in [0, 0.1) is 11.8 Å². The molecule has 0 aliphatic carbocycles. The van der Waals surface area contributed by atoms with E-state index in [0.29, 0.717) is 16.7 Å². The van der Waals surface area contributed by atoms with Crippen LogP contribution in [0.3, 0.4) is 0 Å². The predicted molar refractivity (Wildman–Crippen MR) is 109 cm³/mol. The van der Waals surface area contributed by atoms with E-state index in [0.717, 1.165) is 11.3 Å². The molecule has 0 atom stereocenters. The van der Waals surface area contributed by atoms with Crippen LogP contribution in [0.5, 0.6) is 5.75 Å². The fourth-order valence-corrected chi connectivity index (χ4v) is 2.65. The van der Waals surface area contributed by atoms with Crippen molar-refractivity contribution in [3.63, 3.8) is 0 Å². The number of anilines is 1. The van der Waals surface area contributed by atoms with Gasteiger partial charge in [0.15, 0.2) is 11.3 Å². The smallest absolute Gasteiger partial charge is 0.349 e. The summed E-state index contributed by atoms with van der Waals surface area (Å²) in [5.74, 6) is 5.76. The molecule has 142 valence electrons. The number of para-hydroxylation sites is 1. The Balaban J connectivity index is 1.70. The summed E-state index contributed by atoms with van der Waals surface area (Å²) in [6, 6.07) is 14.4. The highest BCUT2D eigenvalue weighted by Crippen LogP contribution is 2.24. The average Bonchev–Trinajstić information content (AvgIpc) is 2.70. The number of amides is 1. The highest BCUT2D eigenvalue weighted by molar-refractivity contribution is 5.97. The van der Waals surface area contributed by atoms with E-state index in [1.807, 2.05) is 43.3 Å². The summed E-state index contributed by atoms with van der Waals surface area (Å²) >= 11 is 0. The van der Waals surface area contributed by atoms with E-state index in [9.17, 15) is 9.59 Å². The van der Waals surface area contributed by atoms with Crippen molar-refractivity contribution in [2.45, 2.75) is 0 Å². The summed E-state index contributed by atoms with van der Waals surface area (Å²) in [4.78, 5) is 26.5. The first-order chi connectivity index (χ1) is 13.5. The lowest BCUT2D eigenvalue weighted by Crippen LogP contribution is -2.28. The molecular formula is C22H20N2O4. The summed E-state index contributed by atoms with van der Waals surface area (Å²) in [7, 11) is 5.42. The fourth-order valence-electron chi connectivity index (χ4n) is 2.65. The maximum Gasteiger partial charge on any atom is 0.349 e. The van der Waals surface area contributed by atoms with E-state index in [2.05, 4.69) is 17.2 Å². The molecule has 1 N–H and O–H groups in total. The molecule has 0 unspecified atom stereocenters. The van der Waals surface area contributed by atoms with Gasteiger partial charge in [0.2, 0.25) is 0 Å². The lowest BCUT2D eigenvalue weighted by atomic mass is 10.1. The number of nitrogens with zero attached hydrogens (tertiary/aromatic N) is 1. The number of benzene rings is 2. The standard InChI is InChI=1S/C22H20N2O4/c1-24(2)17-11-9-15(10-12-17)6-5-13-23-21(25)18-14-16-7-4-8-19(27-3)20(16)28-22(18)26/h4,7-12,14H,13H2,1-3H3,(H,23,25). The minimum absolute atomic E-state index is 0.0714. The van der Waals surface area contributed by atoms with Gasteiger partial charge in [0.1, 0.15) is 5.56 Å². The van der Waals surface area contributed by atoms with Gasteiger partial charge >= 0.3 is 5.63 Å². The number of hydrogen-bond donors (Lipinski definition) is 1. The summed E-state index contributed by atoms with van der Waals surface area (Å²) in [6.45, 7) is 0.115. The average molecular weight is 376 g/mol. The van der Waals surface area contributed by atoms with Crippen LogP contribution in [-0.2, 0) is 0 Å². The topological polar surface area (TPSA) is 71.8 Å². The largest absolute Gasteiger partial charge is 0.493 e. The van der Waals surface area contributed by atoms with Crippen LogP contribution in [-0.4, -0.2) is 33.7 Å². The number of carbonyl (C=O) groups excluding carboxylic acids is 1. The molecule has 0 aliphatic rings. The van der Waals surface area contributed by atoms with Gasteiger partial charge in [-0.25, -0.2) is 4.79 Å². The van der Waals surface area contributed by atoms with E-state index >= 15 is 0 Å². The van der Waals surface area contributed by atoms with Crippen LogP contribution in [0.15, 0.2) is 57.7 Å². The third kappa shape index (κ3) is 4.15. The SMILES string of the molecule is COc1cccc2cc(C(=O)NCC#Cc3ccc(N(C)C)cc3)c(=O)oc12. The molecule has 2 aromatic carbocycles. The lowest BCUT2D eigenvalue weighted by Gasteiger charge is -2.11. The van der Waals surface area contributed by atoms with Crippen LogP contribution in [0.1, 0.15) is 15.9 Å². The summed E-state index contributed by atoms with van der Waals surface area (Å²) in [6.07, 6.45) is 0. The molecule has 1 aromatic heterocycles. The molecule has 0 bridgehead atoms. The number of rotatable bonds is 4. The van der Waals surface area contributed by atoms with Gasteiger partial charge in [0, 0.05) is 30.7 Å². The zero-order valence-corrected chi connectivity index (χ0v) is 15.9. The Bertz CT molecular complexity index is 1120. The van der Waals surface area contributed by atoms with Crippen LogP contribution in [0.2, 0.25) is 0 Å². The van der Waals surface area contributed by atoms with Crippen molar-refractivity contribution in [1.82, 2.24) is 5.32 Å². The molecule has 0 saturated carbocycles. The van der Waals surface area contributed by atoms with Gasteiger partial charge in [-0.3, -0.25) is 4.79 Å². The molecule has 6 nitrogen and oxygen atoms in total. The van der Waals surface area contributed by atoms with Gasteiger partial charge in [-0.1, -0.05) is 24.0 Å². The van der Waals surface area contributed by atoms with Crippen molar-refractivity contribution in [2.75, 3.05) is 32.6 Å². The number of carbonyl (C=O) groups is 1. The Kier molecular flexibility index (Phi) is 5.66. The van der Waals surface area contributed by atoms with Gasteiger partial charge in [-0.2, -0.15) is 0 Å². The third-order valence-corrected chi connectivity index (χ3v) is 4.14. The van der Waals surface area contributed by atoms with Gasteiger partial charge in [0.25, 0.3) is 5.91 Å². The van der Waals surface area contributed by atoms with Crippen molar-refractivity contribution < 1.29 is 13.9 Å². The monoisotopic (exact) mass is 376 g/mol. The Labute approximate surface area is 162 Å². The first-order valence-corrected chi connectivity index (χ1v) is 8.65. The Morgan fingerprint density at radius 2 is 1.93 bits per heavy atom. The number of hydrogen-bond acceptors (Lipinski definition) is 5. The Hall–Kier alpha value is -3.72. The van der Waals surface area contributed by atoms with E-state index < -0.39 is 11.5 Å². The van der Waals surface area contributed by atoms with Crippen molar-refractivity contribution in [3.05, 3.63) is 70.1 Å². The van der Waals surface area contributed by atoms with Gasteiger partial charge < -0.3 is 19.4 Å². The van der Waals surface area contributed by atoms with Crippen molar-refractivity contribution >= 4 is 22.6 Å². The van der Waals surface area contributed by atoms with Crippen LogP contribution >= 0.6 is 0 Å². The van der Waals surface area contributed by atoms with E-state index in [4.69, 9.17) is 9.15 Å². The molecule has 3 rings (SSSR count). The third-order valence-electron chi connectivity index (χ3n) is 4.14. The summed E-state index contributed by atoms with van der Waals surface area (Å²) in [5.41, 5.74) is 1.45. The highest BCUT2D eigenvalue weighted by atomic mass is 16.5. The van der Waals surface area contributed by atoms with Crippen molar-refractivity contribution in [2.24, 2.45) is 0 Å². The van der Waals surface area contributed by atoms with E-state index in [-0.39, 0.29) is 12.1 Å². The van der Waals surface area contributed by atoms with Crippen LogP contribution in [0.4, 0.5) is 5.69 Å². The molecule has 0 fully saturated rings. The van der Waals surface area contributed by atoms with Crippen LogP contribution < -0.4 is 20.6 Å². The Morgan fingerprint density at radius 3 is 2.61 bits per heavy atom. The maximum absolute atomic E-state index is 12.3. The molecule has 3 aromatic rings. The molecule has 1 heterocycles. The quantitative estimate of drug-likeness (QED) is 0.560. The second-order valence-electron chi connectivity index (χ2n) is 6.25. The number of methoxy groups -OCH3 is 1. The summed E-state index contributed by atoms with van der Waals surface area (Å²) < 4.78 is 10.4. The molecule has 1 amide bonds. The summed E-state index contributed by atoms with van der Waals surface area (Å²) in [5, 5.41) is 3.23. The lowest BCUT2D eigenvalue weighted by molar-refractivity contribution is 0.0955. The molecule has 0 aliphatic heterocycles. The minimum atomic E-state index is -0.721. The number of fused-ring (bicyclic) bond motifs is 1. The zero-order chi connectivity index (χ0) is 20.1. The van der Waals surface area contributed by atoms with Crippen molar-refractivity contribution in [1.29, 1.82) is 0 Å². The molecule has 6 heteroatoms. The van der Waals surface area contributed by atoms with Crippen molar-refractivity contribution in [3.8, 4) is 17.6 Å². The number of ether oxygens (including phenoxy) is 1. The van der Waals surface area contributed by atoms with Gasteiger partial charge in [-0.05, 0) is 36.4 Å².